The molecule has 0 spiro atoms. The zero-order chi connectivity index (χ0) is 17.8. The smallest absolute Gasteiger partial charge is 0.312 e. The molecule has 8 heteroatoms. The molecule has 0 aliphatic carbocycles. The molecular weight excluding hydrogens is 324 g/mol. The largest absolute Gasteiger partial charge is 0.360 e. The summed E-state index contributed by atoms with van der Waals surface area (Å²) in [6.45, 7) is 2.58. The van der Waals surface area contributed by atoms with Crippen molar-refractivity contribution < 1.29 is 18.9 Å². The van der Waals surface area contributed by atoms with E-state index in [0.29, 0.717) is 25.4 Å². The molecule has 1 saturated heterocycles. The number of amides is 3. The number of nitrogens with zero attached hydrogens (tertiary/aromatic N) is 3. The Morgan fingerprint density at radius 1 is 1.16 bits per heavy atom. The maximum Gasteiger partial charge on any atom is 0.312 e. The minimum absolute atomic E-state index is 0.199. The van der Waals surface area contributed by atoms with Crippen molar-refractivity contribution >= 4 is 23.5 Å². The first kappa shape index (κ1) is 16.7. The van der Waals surface area contributed by atoms with Crippen LogP contribution in [0.15, 0.2) is 40.9 Å². The third-order valence-corrected chi connectivity index (χ3v) is 3.84. The van der Waals surface area contributed by atoms with Crippen LogP contribution in [0, 0.1) is 6.92 Å². The summed E-state index contributed by atoms with van der Waals surface area (Å²) in [5.74, 6) is -0.847. The molecule has 1 aromatic heterocycles. The molecule has 1 aromatic carbocycles. The van der Waals surface area contributed by atoms with Gasteiger partial charge >= 0.3 is 11.8 Å². The molecule has 8 nitrogen and oxygen atoms in total. The summed E-state index contributed by atoms with van der Waals surface area (Å²) in [7, 11) is 0. The molecule has 2 aromatic rings. The number of hydrogen-bond donors (Lipinski definition) is 1. The first-order valence-electron chi connectivity index (χ1n) is 7.88. The molecule has 0 saturated carbocycles. The lowest BCUT2D eigenvalue weighted by Crippen LogP contribution is -2.55. The van der Waals surface area contributed by atoms with Crippen LogP contribution in [0.4, 0.5) is 5.82 Å². The summed E-state index contributed by atoms with van der Waals surface area (Å²) in [5.41, 5.74) is 0.955. The fourth-order valence-corrected chi connectivity index (χ4v) is 2.60. The lowest BCUT2D eigenvalue weighted by atomic mass is 10.2. The van der Waals surface area contributed by atoms with E-state index in [1.54, 1.807) is 13.0 Å². The van der Waals surface area contributed by atoms with E-state index in [0.717, 1.165) is 5.56 Å². The second kappa shape index (κ2) is 7.16. The molecule has 0 bridgehead atoms. The van der Waals surface area contributed by atoms with E-state index in [2.05, 4.69) is 10.5 Å². The lowest BCUT2D eigenvalue weighted by Gasteiger charge is -2.33. The lowest BCUT2D eigenvalue weighted by molar-refractivity contribution is -0.157. The second-order valence-electron chi connectivity index (χ2n) is 5.81. The zero-order valence-corrected chi connectivity index (χ0v) is 13.8. The predicted molar refractivity (Wildman–Crippen MR) is 88.3 cm³/mol. The quantitative estimate of drug-likeness (QED) is 0.811. The van der Waals surface area contributed by atoms with Crippen molar-refractivity contribution in [3.8, 4) is 0 Å². The number of aromatic nitrogens is 1. The highest BCUT2D eigenvalue weighted by Crippen LogP contribution is 2.11. The van der Waals surface area contributed by atoms with Crippen LogP contribution < -0.4 is 5.32 Å². The van der Waals surface area contributed by atoms with E-state index < -0.39 is 17.7 Å². The van der Waals surface area contributed by atoms with Gasteiger partial charge in [-0.2, -0.15) is 0 Å². The second-order valence-corrected chi connectivity index (χ2v) is 5.81. The Bertz CT molecular complexity index is 787. The number of piperazine rings is 1. The van der Waals surface area contributed by atoms with Gasteiger partial charge in [-0.1, -0.05) is 35.5 Å². The van der Waals surface area contributed by atoms with Gasteiger partial charge < -0.3 is 19.6 Å². The fourth-order valence-electron chi connectivity index (χ4n) is 2.60. The van der Waals surface area contributed by atoms with Gasteiger partial charge in [0.05, 0.1) is 0 Å². The minimum Gasteiger partial charge on any atom is -0.360 e. The first-order valence-corrected chi connectivity index (χ1v) is 7.88. The van der Waals surface area contributed by atoms with Gasteiger partial charge in [0.2, 0.25) is 5.91 Å². The van der Waals surface area contributed by atoms with Crippen LogP contribution in [0.3, 0.4) is 0 Å². The molecule has 1 N–H and O–H groups in total. The number of aryl methyl sites for hydroxylation is 1. The number of nitrogens with one attached hydrogen (secondary N) is 1. The Labute approximate surface area is 144 Å². The molecule has 0 unspecified atom stereocenters. The summed E-state index contributed by atoms with van der Waals surface area (Å²) in [6.07, 6.45) is 0. The molecule has 1 aliphatic rings. The molecule has 2 heterocycles. The highest BCUT2D eigenvalue weighted by Gasteiger charge is 2.33. The third-order valence-electron chi connectivity index (χ3n) is 3.84. The van der Waals surface area contributed by atoms with E-state index in [1.165, 1.54) is 9.80 Å². The summed E-state index contributed by atoms with van der Waals surface area (Å²) in [4.78, 5) is 39.2. The molecule has 3 rings (SSSR count). The van der Waals surface area contributed by atoms with Gasteiger partial charge in [0.25, 0.3) is 0 Å². The molecule has 25 heavy (non-hydrogen) atoms. The summed E-state index contributed by atoms with van der Waals surface area (Å²) < 4.78 is 4.86. The molecule has 3 amide bonds. The molecule has 0 radical (unpaired) electrons. The Hall–Kier alpha value is -3.16. The van der Waals surface area contributed by atoms with Crippen molar-refractivity contribution in [3.63, 3.8) is 0 Å². The SMILES string of the molecule is Cc1cc(NC(=O)CN2CCN(Cc3ccccc3)C(=O)C2=O)no1. The van der Waals surface area contributed by atoms with Crippen LogP contribution in [-0.2, 0) is 20.9 Å². The molecule has 1 aliphatic heterocycles. The van der Waals surface area contributed by atoms with Crippen LogP contribution in [0.1, 0.15) is 11.3 Å². The molecule has 0 atom stereocenters. The number of carbonyl (C=O) groups excluding carboxylic acids is 3. The van der Waals surface area contributed by atoms with Crippen molar-refractivity contribution in [2.45, 2.75) is 13.5 Å². The van der Waals surface area contributed by atoms with Crippen LogP contribution >= 0.6 is 0 Å². The zero-order valence-electron chi connectivity index (χ0n) is 13.8. The average Bonchev–Trinajstić information content (AvgIpc) is 3.00. The summed E-state index contributed by atoms with van der Waals surface area (Å²) in [5, 5.41) is 6.19. The third kappa shape index (κ3) is 4.03. The van der Waals surface area contributed by atoms with Gasteiger partial charge in [-0.3, -0.25) is 14.4 Å². The van der Waals surface area contributed by atoms with Crippen molar-refractivity contribution in [2.75, 3.05) is 25.0 Å². The van der Waals surface area contributed by atoms with E-state index >= 15 is 0 Å². The standard InChI is InChI=1S/C17H18N4O4/c1-12-9-14(19-25-12)18-15(22)11-21-8-7-20(16(23)17(21)24)10-13-5-3-2-4-6-13/h2-6,9H,7-8,10-11H2,1H3,(H,18,19,22). The Kier molecular flexibility index (Phi) is 4.78. The van der Waals surface area contributed by atoms with Crippen LogP contribution in [0.5, 0.6) is 0 Å². The number of anilines is 1. The predicted octanol–water partition coefficient (Wildman–Crippen LogP) is 0.793. The van der Waals surface area contributed by atoms with E-state index in [-0.39, 0.29) is 12.4 Å². The maximum absolute atomic E-state index is 12.3. The molecular formula is C17H18N4O4. The minimum atomic E-state index is -0.673. The fraction of sp³-hybridized carbons (Fsp3) is 0.294. The summed E-state index contributed by atoms with van der Waals surface area (Å²) in [6, 6.07) is 11.0. The van der Waals surface area contributed by atoms with Gasteiger partial charge in [0.1, 0.15) is 12.3 Å². The van der Waals surface area contributed by atoms with Crippen molar-refractivity contribution in [2.24, 2.45) is 0 Å². The number of benzene rings is 1. The van der Waals surface area contributed by atoms with Crippen molar-refractivity contribution in [1.29, 1.82) is 0 Å². The number of rotatable bonds is 5. The normalized spacial score (nSPS) is 14.8. The number of hydrogen-bond acceptors (Lipinski definition) is 5. The van der Waals surface area contributed by atoms with Gasteiger partial charge in [0, 0.05) is 25.7 Å². The molecule has 130 valence electrons. The van der Waals surface area contributed by atoms with E-state index in [4.69, 9.17) is 4.52 Å². The Morgan fingerprint density at radius 3 is 2.52 bits per heavy atom. The van der Waals surface area contributed by atoms with Gasteiger partial charge in [0.15, 0.2) is 5.82 Å². The highest BCUT2D eigenvalue weighted by molar-refractivity contribution is 6.35. The topological polar surface area (TPSA) is 95.8 Å². The maximum atomic E-state index is 12.3. The van der Waals surface area contributed by atoms with Gasteiger partial charge in [-0.15, -0.1) is 0 Å². The van der Waals surface area contributed by atoms with Crippen LogP contribution in [-0.4, -0.2) is 52.3 Å². The van der Waals surface area contributed by atoms with E-state index in [9.17, 15) is 14.4 Å². The van der Waals surface area contributed by atoms with Crippen molar-refractivity contribution in [1.82, 2.24) is 15.0 Å². The average molecular weight is 342 g/mol. The first-order chi connectivity index (χ1) is 12.0. The van der Waals surface area contributed by atoms with Gasteiger partial charge in [-0.25, -0.2) is 0 Å². The van der Waals surface area contributed by atoms with Crippen LogP contribution in [0.25, 0.3) is 0 Å². The van der Waals surface area contributed by atoms with E-state index in [1.807, 2.05) is 30.3 Å². The Balaban J connectivity index is 1.56. The van der Waals surface area contributed by atoms with Crippen molar-refractivity contribution in [3.05, 3.63) is 47.7 Å². The monoisotopic (exact) mass is 342 g/mol. The molecule has 1 fully saturated rings. The van der Waals surface area contributed by atoms with Crippen LogP contribution in [0.2, 0.25) is 0 Å². The highest BCUT2D eigenvalue weighted by atomic mass is 16.5. The Morgan fingerprint density at radius 2 is 1.84 bits per heavy atom. The summed E-state index contributed by atoms with van der Waals surface area (Å²) >= 11 is 0. The number of carbonyl (C=O) groups is 3. The van der Waals surface area contributed by atoms with Gasteiger partial charge in [-0.05, 0) is 12.5 Å².